The molecule has 4 aliphatic heterocycles. The summed E-state index contributed by atoms with van der Waals surface area (Å²) >= 11 is 0. The highest BCUT2D eigenvalue weighted by Crippen LogP contribution is 2.55. The SMILES string of the molecule is C/C1=C\C=C\[C@H](C)[C@H](O)[C@@H](C)[C@H](O)[C@H](C)[C@H](COC=O)[C@H](C)[C@@H](CO)/C=C/O[C@@]2(C)Oc3c(C)c(O)c4c(O)c(c(/C=N/N5CCN(C)CC5)c(O)c4c3C2=O)NC1=O.NNC(=O)c1ccncc1. The molecule has 4 aliphatic rings. The number of aliphatic hydroxyl groups excluding tert-OH is 3. The number of fused-ring (bicyclic) bond motifs is 14. The number of Topliss-reactive ketones (excluding diaryl/α,β-unsaturated/α-hetero) is 1. The number of aromatic hydroxyl groups is 3. The Morgan fingerprint density at radius 2 is 1.65 bits per heavy atom. The van der Waals surface area contributed by atoms with E-state index in [4.69, 9.17) is 20.1 Å². The lowest BCUT2D eigenvalue weighted by Gasteiger charge is -2.38. The van der Waals surface area contributed by atoms with Gasteiger partial charge in [-0.25, -0.2) is 5.84 Å². The summed E-state index contributed by atoms with van der Waals surface area (Å²) in [6, 6.07) is 3.17. The molecule has 0 aliphatic carbocycles. The number of phenols is 3. The second kappa shape index (κ2) is 23.1. The van der Waals surface area contributed by atoms with Crippen LogP contribution in [0.2, 0.25) is 0 Å². The number of carbonyl (C=O) groups is 4. The van der Waals surface area contributed by atoms with Crippen molar-refractivity contribution in [3.8, 4) is 23.0 Å². The Morgan fingerprint density at radius 3 is 2.28 bits per heavy atom. The molecule has 69 heavy (non-hydrogen) atoms. The molecule has 0 saturated carbocycles. The Balaban J connectivity index is 0.000000787. The highest BCUT2D eigenvalue weighted by Gasteiger charge is 2.50. The number of anilines is 1. The second-order valence-electron chi connectivity index (χ2n) is 18.0. The fraction of sp³-hybridized carbons (Fsp3) is 0.469. The molecular weight excluding hydrogens is 895 g/mol. The van der Waals surface area contributed by atoms with Crippen LogP contribution in [0.4, 0.5) is 5.69 Å². The number of amides is 2. The number of pyridine rings is 1. The van der Waals surface area contributed by atoms with Crippen LogP contribution >= 0.6 is 0 Å². The first-order valence-corrected chi connectivity index (χ1v) is 22.6. The number of aliphatic hydroxyl groups is 3. The second-order valence-corrected chi connectivity index (χ2v) is 18.0. The number of likely N-dealkylation sites (N-methyl/N-ethyl adjacent to an activating group) is 1. The molecule has 1 fully saturated rings. The maximum absolute atomic E-state index is 14.4. The summed E-state index contributed by atoms with van der Waals surface area (Å²) in [5, 5.41) is 77.3. The number of hydrazine groups is 1. The van der Waals surface area contributed by atoms with Crippen molar-refractivity contribution in [1.29, 1.82) is 0 Å². The van der Waals surface area contributed by atoms with Crippen molar-refractivity contribution >= 4 is 46.7 Å². The number of phenolic OH excluding ortho intramolecular Hbond substituents is 3. The molecule has 10 N–H and O–H groups in total. The summed E-state index contributed by atoms with van der Waals surface area (Å²) in [7, 11) is 1.98. The maximum Gasteiger partial charge on any atom is 0.312 e. The van der Waals surface area contributed by atoms with Crippen LogP contribution in [0.25, 0.3) is 10.8 Å². The predicted octanol–water partition coefficient (Wildman–Crippen LogP) is 3.47. The van der Waals surface area contributed by atoms with Gasteiger partial charge in [0.1, 0.15) is 17.2 Å². The zero-order chi connectivity index (χ0) is 50.9. The van der Waals surface area contributed by atoms with Gasteiger partial charge >= 0.3 is 5.79 Å². The van der Waals surface area contributed by atoms with E-state index in [-0.39, 0.29) is 63.6 Å². The minimum Gasteiger partial charge on any atom is -0.507 e. The molecule has 0 spiro atoms. The lowest BCUT2D eigenvalue weighted by molar-refractivity contribution is -0.133. The van der Waals surface area contributed by atoms with Crippen LogP contribution in [0.3, 0.4) is 0 Å². The third kappa shape index (κ3) is 11.7. The van der Waals surface area contributed by atoms with Gasteiger partial charge in [0.25, 0.3) is 24.1 Å². The number of ether oxygens (including phenoxy) is 3. The molecule has 0 radical (unpaired) electrons. The van der Waals surface area contributed by atoms with Gasteiger partial charge in [-0.15, -0.1) is 0 Å². The Bertz CT molecular complexity index is 2470. The topological polar surface area (TPSA) is 299 Å². The molecule has 5 bridgehead atoms. The molecule has 9 atom stereocenters. The third-order valence-corrected chi connectivity index (χ3v) is 13.5. The number of nitrogen functional groups attached to an aromatic ring is 1. The molecule has 20 heteroatoms. The standard InChI is InChI=1S/C43H58N4O12.C6H7N3O/c1-22-10-9-11-23(2)42(56)45-34-29(18-44-47-15-13-46(8)14-16-47)38(53)31-32(39(34)54)37(52)27(6)40-33(31)41(55)43(7,59-40)58-17-12-28(19-48)24(3)30(20-57-21-49)25(4)36(51)26(5)35(22)50;7-9-6(10)5-1-3-8-4-2-5/h9-12,17-18,21-22,24-26,28,30,35-36,48,50-54H,13-16,19-20H2,1-8H3,(H,45,56);1-4H,7H2,(H,9,10)/b10-9+,17-12+,23-11+,44-18+;/t22-,24+,25+,26+,28+,30+,35-,36+,43-;/m0./s1. The van der Waals surface area contributed by atoms with Crippen LogP contribution in [-0.2, 0) is 19.1 Å². The van der Waals surface area contributed by atoms with Crippen LogP contribution in [0.1, 0.15) is 73.4 Å². The Morgan fingerprint density at radius 1 is 0.986 bits per heavy atom. The van der Waals surface area contributed by atoms with Crippen molar-refractivity contribution in [3.63, 3.8) is 0 Å². The molecule has 0 unspecified atom stereocenters. The van der Waals surface area contributed by atoms with Gasteiger partial charge in [0.15, 0.2) is 5.75 Å². The third-order valence-electron chi connectivity index (χ3n) is 13.5. The first-order chi connectivity index (χ1) is 32.7. The number of hydrogen-bond donors (Lipinski definition) is 9. The van der Waals surface area contributed by atoms with Gasteiger partial charge in [-0.3, -0.25) is 34.6 Å². The van der Waals surface area contributed by atoms with Crippen molar-refractivity contribution in [2.75, 3.05) is 51.8 Å². The number of benzene rings is 2. The number of nitrogens with zero attached hydrogens (tertiary/aromatic N) is 4. The van der Waals surface area contributed by atoms with Gasteiger partial charge in [-0.2, -0.15) is 5.10 Å². The molecular formula is C49H65N7O13. The molecule has 3 aromatic rings. The van der Waals surface area contributed by atoms with E-state index in [1.54, 1.807) is 50.1 Å². The summed E-state index contributed by atoms with van der Waals surface area (Å²) in [5.41, 5.74) is 2.15. The maximum atomic E-state index is 14.4. The summed E-state index contributed by atoms with van der Waals surface area (Å²) in [4.78, 5) is 56.1. The van der Waals surface area contributed by atoms with E-state index in [0.29, 0.717) is 38.2 Å². The number of carbonyl (C=O) groups excluding carboxylic acids is 4. The van der Waals surface area contributed by atoms with Crippen molar-refractivity contribution in [3.05, 3.63) is 82.9 Å². The number of hydrazone groups is 1. The average Bonchev–Trinajstić information content (AvgIpc) is 3.61. The van der Waals surface area contributed by atoms with E-state index in [1.165, 1.54) is 57.8 Å². The highest BCUT2D eigenvalue weighted by molar-refractivity contribution is 6.23. The van der Waals surface area contributed by atoms with Gasteiger partial charge in [0.2, 0.25) is 0 Å². The van der Waals surface area contributed by atoms with E-state index in [1.807, 2.05) is 19.4 Å². The predicted molar refractivity (Wildman–Crippen MR) is 256 cm³/mol. The Labute approximate surface area is 400 Å². The van der Waals surface area contributed by atoms with E-state index >= 15 is 0 Å². The fourth-order valence-corrected chi connectivity index (χ4v) is 8.70. The number of allylic oxidation sites excluding steroid dienone is 2. The summed E-state index contributed by atoms with van der Waals surface area (Å²) in [6.45, 7) is 13.8. The normalized spacial score (nSPS) is 28.7. The quantitative estimate of drug-likeness (QED) is 0.0312. The van der Waals surface area contributed by atoms with Crippen LogP contribution < -0.4 is 21.3 Å². The lowest BCUT2D eigenvalue weighted by Crippen LogP contribution is -2.43. The fourth-order valence-electron chi connectivity index (χ4n) is 8.70. The van der Waals surface area contributed by atoms with Gasteiger partial charge < -0.3 is 55.1 Å². The van der Waals surface area contributed by atoms with E-state index in [0.717, 1.165) is 0 Å². The lowest BCUT2D eigenvalue weighted by atomic mass is 9.72. The minimum absolute atomic E-state index is 0.0488. The zero-order valence-corrected chi connectivity index (χ0v) is 40.1. The molecule has 374 valence electrons. The number of piperazine rings is 1. The van der Waals surface area contributed by atoms with Crippen molar-refractivity contribution in [2.24, 2.45) is 46.5 Å². The monoisotopic (exact) mass is 959 g/mol. The number of nitrogens with two attached hydrogens (primary N) is 1. The first-order valence-electron chi connectivity index (χ1n) is 22.6. The van der Waals surface area contributed by atoms with Gasteiger partial charge in [-0.1, -0.05) is 45.9 Å². The number of hydrogen-bond acceptors (Lipinski definition) is 18. The van der Waals surface area contributed by atoms with Gasteiger partial charge in [-0.05, 0) is 50.9 Å². The molecule has 20 nitrogen and oxygen atoms in total. The first kappa shape index (κ1) is 53.4. The summed E-state index contributed by atoms with van der Waals surface area (Å²) in [6.07, 6.45) is 9.73. The van der Waals surface area contributed by atoms with Gasteiger partial charge in [0.05, 0.1) is 53.5 Å². The van der Waals surface area contributed by atoms with Crippen LogP contribution in [-0.4, -0.2) is 140 Å². The average molecular weight is 960 g/mol. The number of nitrogens with one attached hydrogen (secondary N) is 2. The Hall–Kier alpha value is -6.58. The van der Waals surface area contributed by atoms with E-state index in [9.17, 15) is 49.8 Å². The van der Waals surface area contributed by atoms with Crippen LogP contribution in [0, 0.1) is 42.4 Å². The molecule has 2 amide bonds. The number of rotatable bonds is 7. The van der Waals surface area contributed by atoms with E-state index in [2.05, 4.69) is 20.3 Å². The minimum atomic E-state index is -2.05. The largest absolute Gasteiger partial charge is 0.507 e. The molecule has 7 rings (SSSR count). The zero-order valence-electron chi connectivity index (χ0n) is 40.1. The highest BCUT2D eigenvalue weighted by atomic mass is 16.7. The van der Waals surface area contributed by atoms with Crippen LogP contribution in [0.5, 0.6) is 23.0 Å². The van der Waals surface area contributed by atoms with Crippen molar-refractivity contribution in [1.82, 2.24) is 20.3 Å². The Kier molecular flexibility index (Phi) is 17.9. The summed E-state index contributed by atoms with van der Waals surface area (Å²) < 4.78 is 17.2. The number of ketones is 1. The van der Waals surface area contributed by atoms with Crippen LogP contribution in [0.15, 0.2) is 65.8 Å². The molecule has 1 aromatic heterocycles. The van der Waals surface area contributed by atoms with Gasteiger partial charge in [0, 0.05) is 97.9 Å². The van der Waals surface area contributed by atoms with Crippen molar-refractivity contribution in [2.45, 2.75) is 66.5 Å². The number of aromatic nitrogens is 1. The van der Waals surface area contributed by atoms with Crippen molar-refractivity contribution < 1.29 is 64.0 Å². The smallest absolute Gasteiger partial charge is 0.312 e. The molecule has 5 heterocycles. The molecule has 2 aromatic carbocycles. The summed E-state index contributed by atoms with van der Waals surface area (Å²) in [5.74, 6) is -4.03. The van der Waals surface area contributed by atoms with E-state index < -0.39 is 82.4 Å². The molecule has 1 saturated heterocycles.